The van der Waals surface area contributed by atoms with Gasteiger partial charge in [0.15, 0.2) is 0 Å². The average molecular weight is 205 g/mol. The van der Waals surface area contributed by atoms with Crippen LogP contribution < -0.4 is 10.7 Å². The van der Waals surface area contributed by atoms with Crippen molar-refractivity contribution in [2.24, 2.45) is 0 Å². The van der Waals surface area contributed by atoms with Crippen molar-refractivity contribution in [2.75, 3.05) is 0 Å². The molecule has 1 aromatic heterocycles. The fourth-order valence-corrected chi connectivity index (χ4v) is 0.818. The standard InChI is InChI=1S/C7H5F3N2O2/c8-7(9,10)4-2-1-3(5(11)13)6(14)12-4/h1-2H,(H2,11,13)(H,12,14)/p-1. The van der Waals surface area contributed by atoms with Gasteiger partial charge < -0.3 is 15.5 Å². The number of H-pyrrole nitrogens is 1. The summed E-state index contributed by atoms with van der Waals surface area (Å²) < 4.78 is 36.0. The summed E-state index contributed by atoms with van der Waals surface area (Å²) in [5, 5.41) is 16.9. The minimum Gasteiger partial charge on any atom is -0.859 e. The van der Waals surface area contributed by atoms with E-state index in [4.69, 9.17) is 5.41 Å². The molecule has 0 atom stereocenters. The third-order valence-corrected chi connectivity index (χ3v) is 1.46. The lowest BCUT2D eigenvalue weighted by Crippen LogP contribution is -2.28. The van der Waals surface area contributed by atoms with Crippen molar-refractivity contribution in [3.05, 3.63) is 33.7 Å². The van der Waals surface area contributed by atoms with Crippen molar-refractivity contribution < 1.29 is 18.3 Å². The van der Waals surface area contributed by atoms with Crippen molar-refractivity contribution >= 4 is 5.90 Å². The molecule has 0 aliphatic rings. The Morgan fingerprint density at radius 1 is 1.43 bits per heavy atom. The molecule has 1 heterocycles. The summed E-state index contributed by atoms with van der Waals surface area (Å²) in [5.41, 5.74) is -3.06. The summed E-state index contributed by atoms with van der Waals surface area (Å²) >= 11 is 0. The van der Waals surface area contributed by atoms with Crippen LogP contribution in [0.4, 0.5) is 13.2 Å². The Morgan fingerprint density at radius 3 is 2.36 bits per heavy atom. The fourth-order valence-electron chi connectivity index (χ4n) is 0.818. The van der Waals surface area contributed by atoms with Crippen LogP contribution in [0.25, 0.3) is 0 Å². The van der Waals surface area contributed by atoms with E-state index in [2.05, 4.69) is 0 Å². The van der Waals surface area contributed by atoms with E-state index >= 15 is 0 Å². The first-order valence-corrected chi connectivity index (χ1v) is 3.39. The first-order valence-electron chi connectivity index (χ1n) is 3.39. The van der Waals surface area contributed by atoms with Gasteiger partial charge in [0.25, 0.3) is 5.56 Å². The predicted molar refractivity (Wildman–Crippen MR) is 38.9 cm³/mol. The summed E-state index contributed by atoms with van der Waals surface area (Å²) in [6.07, 6.45) is -4.66. The second kappa shape index (κ2) is 3.17. The van der Waals surface area contributed by atoms with E-state index in [0.29, 0.717) is 12.1 Å². The number of hydrogen-bond acceptors (Lipinski definition) is 3. The largest absolute Gasteiger partial charge is 0.859 e. The van der Waals surface area contributed by atoms with Crippen molar-refractivity contribution in [1.82, 2.24) is 4.98 Å². The van der Waals surface area contributed by atoms with Gasteiger partial charge >= 0.3 is 6.18 Å². The number of aromatic amines is 1. The van der Waals surface area contributed by atoms with Crippen LogP contribution >= 0.6 is 0 Å². The Kier molecular flexibility index (Phi) is 2.33. The van der Waals surface area contributed by atoms with Gasteiger partial charge in [-0.05, 0) is 18.0 Å². The molecule has 76 valence electrons. The van der Waals surface area contributed by atoms with Crippen LogP contribution in [-0.2, 0) is 6.18 Å². The number of rotatable bonds is 1. The van der Waals surface area contributed by atoms with E-state index in [1.165, 1.54) is 4.98 Å². The summed E-state index contributed by atoms with van der Waals surface area (Å²) in [6, 6.07) is 1.22. The van der Waals surface area contributed by atoms with Gasteiger partial charge in [-0.1, -0.05) is 0 Å². The van der Waals surface area contributed by atoms with Gasteiger partial charge in [-0.2, -0.15) is 13.2 Å². The van der Waals surface area contributed by atoms with Gasteiger partial charge in [0.05, 0.1) is 0 Å². The maximum Gasteiger partial charge on any atom is 0.431 e. The average Bonchev–Trinajstić information content (AvgIpc) is 2.01. The molecule has 0 aromatic carbocycles. The zero-order chi connectivity index (χ0) is 10.9. The maximum atomic E-state index is 12.0. The van der Waals surface area contributed by atoms with E-state index in [0.717, 1.165) is 0 Å². The highest BCUT2D eigenvalue weighted by Gasteiger charge is 2.31. The Morgan fingerprint density at radius 2 is 2.00 bits per heavy atom. The molecule has 2 N–H and O–H groups in total. The topological polar surface area (TPSA) is 79.8 Å². The number of alkyl halides is 3. The lowest BCUT2D eigenvalue weighted by atomic mass is 10.2. The van der Waals surface area contributed by atoms with Crippen LogP contribution in [0.5, 0.6) is 0 Å². The van der Waals surface area contributed by atoms with Crippen LogP contribution in [0.15, 0.2) is 16.9 Å². The number of aromatic nitrogens is 1. The molecule has 0 saturated heterocycles. The third-order valence-electron chi connectivity index (χ3n) is 1.46. The lowest BCUT2D eigenvalue weighted by molar-refractivity contribution is -0.214. The molecular formula is C7H4F3N2O2-. The smallest absolute Gasteiger partial charge is 0.431 e. The molecule has 7 heteroatoms. The van der Waals surface area contributed by atoms with E-state index < -0.39 is 28.9 Å². The lowest BCUT2D eigenvalue weighted by Gasteiger charge is -2.09. The Labute approximate surface area is 75.5 Å². The van der Waals surface area contributed by atoms with Crippen LogP contribution in [0.2, 0.25) is 0 Å². The summed E-state index contributed by atoms with van der Waals surface area (Å²) in [7, 11) is 0. The molecule has 14 heavy (non-hydrogen) atoms. The van der Waals surface area contributed by atoms with Crippen molar-refractivity contribution in [3.63, 3.8) is 0 Å². The zero-order valence-electron chi connectivity index (χ0n) is 6.61. The summed E-state index contributed by atoms with van der Waals surface area (Å²) in [6.45, 7) is 0. The van der Waals surface area contributed by atoms with Gasteiger partial charge in [0, 0.05) is 5.56 Å². The first kappa shape index (κ1) is 10.3. The number of halogens is 3. The van der Waals surface area contributed by atoms with Crippen LogP contribution in [-0.4, -0.2) is 10.9 Å². The quantitative estimate of drug-likeness (QED) is 0.503. The molecule has 0 saturated carbocycles. The Hall–Kier alpha value is -1.79. The van der Waals surface area contributed by atoms with Crippen LogP contribution in [0.1, 0.15) is 11.3 Å². The molecule has 0 bridgehead atoms. The van der Waals surface area contributed by atoms with Gasteiger partial charge in [0.1, 0.15) is 5.69 Å². The second-order valence-electron chi connectivity index (χ2n) is 2.44. The minimum atomic E-state index is -4.66. The molecule has 0 amide bonds. The second-order valence-corrected chi connectivity index (χ2v) is 2.44. The first-order chi connectivity index (χ1) is 6.32. The molecule has 0 unspecified atom stereocenters. The summed E-state index contributed by atoms with van der Waals surface area (Å²) in [5.74, 6) is -1.32. The molecular weight excluding hydrogens is 201 g/mol. The molecule has 1 rings (SSSR count). The van der Waals surface area contributed by atoms with Gasteiger partial charge in [-0.15, -0.1) is 0 Å². The molecule has 1 aromatic rings. The molecule has 0 radical (unpaired) electrons. The fraction of sp³-hybridized carbons (Fsp3) is 0.143. The maximum absolute atomic E-state index is 12.0. The van der Waals surface area contributed by atoms with E-state index in [9.17, 15) is 23.1 Å². The van der Waals surface area contributed by atoms with E-state index in [1.807, 2.05) is 0 Å². The number of nitrogens with one attached hydrogen (secondary N) is 2. The van der Waals surface area contributed by atoms with Crippen molar-refractivity contribution in [1.29, 1.82) is 5.41 Å². The zero-order valence-corrected chi connectivity index (χ0v) is 6.61. The van der Waals surface area contributed by atoms with E-state index in [-0.39, 0.29) is 0 Å². The SMILES string of the molecule is N=C([O-])c1ccc(C(F)(F)F)[nH]c1=O. The highest BCUT2D eigenvalue weighted by Crippen LogP contribution is 2.26. The monoisotopic (exact) mass is 205 g/mol. The van der Waals surface area contributed by atoms with Crippen LogP contribution in [0.3, 0.4) is 0 Å². The van der Waals surface area contributed by atoms with E-state index in [1.54, 1.807) is 0 Å². The molecule has 0 aliphatic heterocycles. The van der Waals surface area contributed by atoms with Crippen LogP contribution in [0, 0.1) is 5.41 Å². The van der Waals surface area contributed by atoms with Crippen molar-refractivity contribution in [2.45, 2.75) is 6.18 Å². The molecule has 0 fully saturated rings. The highest BCUT2D eigenvalue weighted by molar-refractivity contribution is 5.87. The van der Waals surface area contributed by atoms with Crippen molar-refractivity contribution in [3.8, 4) is 0 Å². The number of hydrogen-bond donors (Lipinski definition) is 2. The summed E-state index contributed by atoms with van der Waals surface area (Å²) in [4.78, 5) is 12.3. The molecule has 4 nitrogen and oxygen atoms in total. The Balaban J connectivity index is 3.27. The van der Waals surface area contributed by atoms with Gasteiger partial charge in [0.2, 0.25) is 0 Å². The third kappa shape index (κ3) is 1.93. The van der Waals surface area contributed by atoms with Gasteiger partial charge in [-0.3, -0.25) is 4.79 Å². The molecule has 0 spiro atoms. The normalized spacial score (nSPS) is 11.4. The predicted octanol–water partition coefficient (Wildman–Crippen LogP) is 0.0794. The molecule has 0 aliphatic carbocycles. The van der Waals surface area contributed by atoms with Gasteiger partial charge in [-0.25, -0.2) is 0 Å². The highest BCUT2D eigenvalue weighted by atomic mass is 19.4. The number of pyridine rings is 1. The minimum absolute atomic E-state index is 0.545. The Bertz CT molecular complexity index is 422.